The Morgan fingerprint density at radius 2 is 1.80 bits per heavy atom. The summed E-state index contributed by atoms with van der Waals surface area (Å²) in [7, 11) is 1.81. The van der Waals surface area contributed by atoms with Crippen LogP contribution in [0.25, 0.3) is 0 Å². The summed E-state index contributed by atoms with van der Waals surface area (Å²) in [6.07, 6.45) is 4.36. The van der Waals surface area contributed by atoms with Gasteiger partial charge in [0.15, 0.2) is 0 Å². The van der Waals surface area contributed by atoms with Gasteiger partial charge in [0.1, 0.15) is 0 Å². The van der Waals surface area contributed by atoms with Gasteiger partial charge in [-0.3, -0.25) is 4.79 Å². The number of hydrogen-bond acceptors (Lipinski definition) is 2. The fourth-order valence-electron chi connectivity index (χ4n) is 2.70. The van der Waals surface area contributed by atoms with E-state index in [0.29, 0.717) is 0 Å². The molecule has 2 N–H and O–H groups in total. The Kier molecular flexibility index (Phi) is 6.30. The van der Waals surface area contributed by atoms with E-state index in [9.17, 15) is 9.59 Å². The number of nitrogens with one attached hydrogen (secondary N) is 1. The summed E-state index contributed by atoms with van der Waals surface area (Å²) >= 11 is 0. The number of urea groups is 1. The lowest BCUT2D eigenvalue weighted by Crippen LogP contribution is -2.50. The van der Waals surface area contributed by atoms with E-state index in [4.69, 9.17) is 5.11 Å². The largest absolute Gasteiger partial charge is 0.481 e. The second kappa shape index (κ2) is 7.50. The number of carbonyl (C=O) groups excluding carboxylic acids is 1. The van der Waals surface area contributed by atoms with E-state index in [1.54, 1.807) is 4.90 Å². The summed E-state index contributed by atoms with van der Waals surface area (Å²) in [5.41, 5.74) is 0. The Bertz CT molecular complexity index is 336. The molecule has 0 aromatic rings. The topological polar surface area (TPSA) is 69.6 Å². The van der Waals surface area contributed by atoms with E-state index in [1.165, 1.54) is 0 Å². The molecule has 0 aromatic carbocycles. The number of aliphatic carboxylic acids is 1. The molecule has 1 fully saturated rings. The molecule has 0 heterocycles. The zero-order chi connectivity index (χ0) is 15.3. The summed E-state index contributed by atoms with van der Waals surface area (Å²) in [6, 6.07) is -0.182. The zero-order valence-corrected chi connectivity index (χ0v) is 13.1. The highest BCUT2D eigenvalue weighted by molar-refractivity contribution is 5.76. The van der Waals surface area contributed by atoms with Crippen molar-refractivity contribution >= 4 is 12.0 Å². The molecule has 0 radical (unpaired) electrons. The molecular formula is C15H28N2O3. The molecule has 0 aliphatic heterocycles. The molecule has 1 unspecified atom stereocenters. The number of hydrogen-bond donors (Lipinski definition) is 2. The van der Waals surface area contributed by atoms with Crippen molar-refractivity contribution in [1.82, 2.24) is 10.2 Å². The molecule has 1 aliphatic carbocycles. The average Bonchev–Trinajstić information content (AvgIpc) is 2.37. The Morgan fingerprint density at radius 1 is 1.25 bits per heavy atom. The lowest BCUT2D eigenvalue weighted by Gasteiger charge is -2.35. The molecule has 0 spiro atoms. The third-order valence-corrected chi connectivity index (χ3v) is 4.36. The molecule has 0 bridgehead atoms. The first-order chi connectivity index (χ1) is 9.31. The Balaban J connectivity index is 2.52. The van der Waals surface area contributed by atoms with Crippen molar-refractivity contribution in [1.29, 1.82) is 0 Å². The van der Waals surface area contributed by atoms with Crippen molar-refractivity contribution in [2.75, 3.05) is 7.05 Å². The number of carboxylic acids is 1. The number of amides is 2. The van der Waals surface area contributed by atoms with E-state index < -0.39 is 5.97 Å². The van der Waals surface area contributed by atoms with E-state index in [2.05, 4.69) is 12.2 Å². The van der Waals surface area contributed by atoms with Gasteiger partial charge in [0.2, 0.25) is 0 Å². The summed E-state index contributed by atoms with van der Waals surface area (Å²) in [5, 5.41) is 11.8. The first-order valence-corrected chi connectivity index (χ1v) is 7.56. The van der Waals surface area contributed by atoms with Gasteiger partial charge in [-0.05, 0) is 37.5 Å². The smallest absolute Gasteiger partial charge is 0.317 e. The van der Waals surface area contributed by atoms with Gasteiger partial charge in [-0.2, -0.15) is 0 Å². The predicted octanol–water partition coefficient (Wildman–Crippen LogP) is 2.71. The average molecular weight is 284 g/mol. The lowest BCUT2D eigenvalue weighted by molar-refractivity contribution is -0.137. The standard InChI is InChI=1S/C15H28N2O3/c1-10(2)13(9-14(18)19)16-15(20)17(4)12-7-5-11(3)6-8-12/h10-13H,5-9H2,1-4H3,(H,16,20)(H,18,19). The predicted molar refractivity (Wildman–Crippen MR) is 78.6 cm³/mol. The maximum atomic E-state index is 12.2. The SMILES string of the molecule is CC1CCC(N(C)C(=O)NC(CC(=O)O)C(C)C)CC1. The fourth-order valence-corrected chi connectivity index (χ4v) is 2.70. The van der Waals surface area contributed by atoms with Gasteiger partial charge < -0.3 is 15.3 Å². The highest BCUT2D eigenvalue weighted by Gasteiger charge is 2.27. The van der Waals surface area contributed by atoms with Gasteiger partial charge in [0.25, 0.3) is 0 Å². The van der Waals surface area contributed by atoms with E-state index in [0.717, 1.165) is 31.6 Å². The van der Waals surface area contributed by atoms with E-state index in [1.807, 2.05) is 20.9 Å². The van der Waals surface area contributed by atoms with E-state index in [-0.39, 0.29) is 30.5 Å². The monoisotopic (exact) mass is 284 g/mol. The van der Waals surface area contributed by atoms with Crippen molar-refractivity contribution in [3.8, 4) is 0 Å². The minimum absolute atomic E-state index is 0.0288. The molecule has 2 amide bonds. The molecule has 1 aliphatic rings. The van der Waals surface area contributed by atoms with Crippen LogP contribution in [0.4, 0.5) is 4.79 Å². The quantitative estimate of drug-likeness (QED) is 0.815. The maximum absolute atomic E-state index is 12.2. The fraction of sp³-hybridized carbons (Fsp3) is 0.867. The molecule has 116 valence electrons. The molecule has 1 rings (SSSR count). The molecular weight excluding hydrogens is 256 g/mol. The number of rotatable bonds is 5. The minimum atomic E-state index is -0.877. The van der Waals surface area contributed by atoms with Gasteiger partial charge in [-0.25, -0.2) is 4.79 Å². The van der Waals surface area contributed by atoms with Gasteiger partial charge >= 0.3 is 12.0 Å². The van der Waals surface area contributed by atoms with E-state index >= 15 is 0 Å². The summed E-state index contributed by atoms with van der Waals surface area (Å²) in [5.74, 6) is -0.0221. The second-order valence-electron chi connectivity index (χ2n) is 6.42. The molecule has 1 atom stereocenters. The van der Waals surface area contributed by atoms with Crippen LogP contribution >= 0.6 is 0 Å². The normalized spacial score (nSPS) is 24.2. The molecule has 5 nitrogen and oxygen atoms in total. The van der Waals surface area contributed by atoms with Crippen LogP contribution in [0.5, 0.6) is 0 Å². The van der Waals surface area contributed by atoms with Crippen LogP contribution in [-0.4, -0.2) is 41.1 Å². The molecule has 1 saturated carbocycles. The van der Waals surface area contributed by atoms with Gasteiger partial charge in [0, 0.05) is 19.1 Å². The maximum Gasteiger partial charge on any atom is 0.317 e. The second-order valence-corrected chi connectivity index (χ2v) is 6.42. The zero-order valence-electron chi connectivity index (χ0n) is 13.1. The highest BCUT2D eigenvalue weighted by atomic mass is 16.4. The third kappa shape index (κ3) is 5.02. The van der Waals surface area contributed by atoms with Crippen LogP contribution in [-0.2, 0) is 4.79 Å². The number of carboxylic acid groups (broad SMARTS) is 1. The first kappa shape index (κ1) is 16.8. The van der Waals surface area contributed by atoms with Crippen LogP contribution in [0, 0.1) is 11.8 Å². The Labute approximate surface area is 121 Å². The minimum Gasteiger partial charge on any atom is -0.481 e. The number of carbonyl (C=O) groups is 2. The van der Waals surface area contributed by atoms with Crippen molar-refractivity contribution in [2.45, 2.75) is 65.0 Å². The van der Waals surface area contributed by atoms with Gasteiger partial charge in [0.05, 0.1) is 6.42 Å². The van der Waals surface area contributed by atoms with Crippen LogP contribution < -0.4 is 5.32 Å². The van der Waals surface area contributed by atoms with Crippen molar-refractivity contribution in [2.24, 2.45) is 11.8 Å². The highest BCUT2D eigenvalue weighted by Crippen LogP contribution is 2.26. The molecule has 0 aromatic heterocycles. The Morgan fingerprint density at radius 3 is 2.25 bits per heavy atom. The molecule has 0 saturated heterocycles. The van der Waals surface area contributed by atoms with Crippen LogP contribution in [0.3, 0.4) is 0 Å². The van der Waals surface area contributed by atoms with Crippen LogP contribution in [0.2, 0.25) is 0 Å². The van der Waals surface area contributed by atoms with Crippen molar-refractivity contribution in [3.05, 3.63) is 0 Å². The first-order valence-electron chi connectivity index (χ1n) is 7.56. The van der Waals surface area contributed by atoms with Crippen LogP contribution in [0.15, 0.2) is 0 Å². The summed E-state index contributed by atoms with van der Waals surface area (Å²) in [4.78, 5) is 24.8. The van der Waals surface area contributed by atoms with Crippen molar-refractivity contribution in [3.63, 3.8) is 0 Å². The third-order valence-electron chi connectivity index (χ3n) is 4.36. The van der Waals surface area contributed by atoms with Gasteiger partial charge in [-0.1, -0.05) is 20.8 Å². The molecule has 20 heavy (non-hydrogen) atoms. The Hall–Kier alpha value is -1.26. The van der Waals surface area contributed by atoms with Crippen molar-refractivity contribution < 1.29 is 14.7 Å². The van der Waals surface area contributed by atoms with Gasteiger partial charge in [-0.15, -0.1) is 0 Å². The summed E-state index contributed by atoms with van der Waals surface area (Å²) in [6.45, 7) is 6.10. The van der Waals surface area contributed by atoms with Crippen LogP contribution in [0.1, 0.15) is 52.9 Å². The lowest BCUT2D eigenvalue weighted by atomic mass is 9.87. The number of nitrogens with zero attached hydrogens (tertiary/aromatic N) is 1. The molecule has 5 heteroatoms. The summed E-state index contributed by atoms with van der Waals surface area (Å²) < 4.78 is 0.